The number of primary amides is 1. The van der Waals surface area contributed by atoms with Crippen molar-refractivity contribution in [1.82, 2.24) is 9.97 Å². The summed E-state index contributed by atoms with van der Waals surface area (Å²) < 4.78 is 27.8. The molecule has 1 saturated carbocycles. The van der Waals surface area contributed by atoms with E-state index in [0.717, 1.165) is 25.1 Å². The van der Waals surface area contributed by atoms with Crippen LogP contribution in [-0.4, -0.2) is 27.5 Å². The Bertz CT molecular complexity index is 840. The molecule has 2 aromatic rings. The summed E-state index contributed by atoms with van der Waals surface area (Å²) in [4.78, 5) is 19.5. The normalized spacial score (nSPS) is 16.0. The molecule has 0 spiro atoms. The molecule has 0 unspecified atom stereocenters. The van der Waals surface area contributed by atoms with E-state index in [4.69, 9.17) is 11.5 Å². The molecule has 1 atom stereocenters. The van der Waals surface area contributed by atoms with Gasteiger partial charge in [0.05, 0.1) is 23.6 Å². The van der Waals surface area contributed by atoms with Gasteiger partial charge in [0.25, 0.3) is 5.91 Å². The Hall–Kier alpha value is -2.81. The van der Waals surface area contributed by atoms with Crippen LogP contribution in [0.3, 0.4) is 0 Å². The van der Waals surface area contributed by atoms with E-state index in [1.54, 1.807) is 0 Å². The third kappa shape index (κ3) is 3.72. The number of nitrogens with two attached hydrogens (primary N) is 2. The standard InChI is InChI=1S/C17H20F2N6O/c1-2-13(17(21)3-4-17)24-16-12(19)6-11(14(20)26)15(25-16)23-10-5-9(18)7-22-8-10/h5-8,13H,2-4,21H2,1H3,(H2,20,26)(H2,23,24,25)/t13-/m1/s1. The van der Waals surface area contributed by atoms with Crippen molar-refractivity contribution >= 4 is 23.2 Å². The molecule has 1 fully saturated rings. The van der Waals surface area contributed by atoms with Crippen molar-refractivity contribution in [3.63, 3.8) is 0 Å². The summed E-state index contributed by atoms with van der Waals surface area (Å²) in [5.41, 5.74) is 11.2. The van der Waals surface area contributed by atoms with E-state index in [1.807, 2.05) is 6.92 Å². The summed E-state index contributed by atoms with van der Waals surface area (Å²) in [6.07, 6.45) is 4.76. The SMILES string of the molecule is CC[C@@H](Nc1nc(Nc2cncc(F)c2)c(C(N)=O)cc1F)C1(N)CC1. The molecule has 0 radical (unpaired) electrons. The van der Waals surface area contributed by atoms with E-state index in [9.17, 15) is 13.6 Å². The topological polar surface area (TPSA) is 119 Å². The van der Waals surface area contributed by atoms with Gasteiger partial charge >= 0.3 is 0 Å². The van der Waals surface area contributed by atoms with E-state index in [0.29, 0.717) is 6.42 Å². The van der Waals surface area contributed by atoms with E-state index in [-0.39, 0.29) is 34.5 Å². The zero-order chi connectivity index (χ0) is 18.9. The van der Waals surface area contributed by atoms with Gasteiger partial charge in [0.2, 0.25) is 0 Å². The lowest BCUT2D eigenvalue weighted by Crippen LogP contribution is -2.42. The first-order valence-electron chi connectivity index (χ1n) is 8.25. The summed E-state index contributed by atoms with van der Waals surface area (Å²) in [7, 11) is 0. The predicted octanol–water partition coefficient (Wildman–Crippen LogP) is 2.28. The first kappa shape index (κ1) is 18.0. The number of amides is 1. The van der Waals surface area contributed by atoms with Crippen LogP contribution in [0.25, 0.3) is 0 Å². The molecular formula is C17H20F2N6O. The number of carbonyl (C=O) groups is 1. The van der Waals surface area contributed by atoms with Crippen molar-refractivity contribution in [3.8, 4) is 0 Å². The number of hydrogen-bond donors (Lipinski definition) is 4. The van der Waals surface area contributed by atoms with Crippen LogP contribution in [0.2, 0.25) is 0 Å². The molecule has 1 aliphatic rings. The fraction of sp³-hybridized carbons (Fsp3) is 0.353. The van der Waals surface area contributed by atoms with Gasteiger partial charge in [-0.1, -0.05) is 6.92 Å². The Morgan fingerprint density at radius 2 is 2.04 bits per heavy atom. The third-order valence-electron chi connectivity index (χ3n) is 4.45. The van der Waals surface area contributed by atoms with Crippen molar-refractivity contribution in [3.05, 3.63) is 41.7 Å². The molecule has 26 heavy (non-hydrogen) atoms. The van der Waals surface area contributed by atoms with Crippen LogP contribution >= 0.6 is 0 Å². The number of nitrogens with zero attached hydrogens (tertiary/aromatic N) is 2. The Labute approximate surface area is 149 Å². The number of hydrogen-bond acceptors (Lipinski definition) is 6. The first-order chi connectivity index (χ1) is 12.3. The second-order valence-electron chi connectivity index (χ2n) is 6.43. The predicted molar refractivity (Wildman–Crippen MR) is 94.0 cm³/mol. The van der Waals surface area contributed by atoms with E-state index in [1.165, 1.54) is 12.3 Å². The molecule has 0 bridgehead atoms. The highest BCUT2D eigenvalue weighted by atomic mass is 19.1. The summed E-state index contributed by atoms with van der Waals surface area (Å²) in [6, 6.07) is 2.01. The number of rotatable bonds is 7. The van der Waals surface area contributed by atoms with Gasteiger partial charge in [0.15, 0.2) is 11.6 Å². The molecular weight excluding hydrogens is 342 g/mol. The van der Waals surface area contributed by atoms with Crippen LogP contribution in [0.5, 0.6) is 0 Å². The van der Waals surface area contributed by atoms with Gasteiger partial charge in [-0.2, -0.15) is 0 Å². The maximum Gasteiger partial charge on any atom is 0.252 e. The lowest BCUT2D eigenvalue weighted by atomic mass is 10.0. The quantitative estimate of drug-likeness (QED) is 0.600. The van der Waals surface area contributed by atoms with Gasteiger partial charge in [0, 0.05) is 17.6 Å². The van der Waals surface area contributed by atoms with Crippen LogP contribution in [-0.2, 0) is 0 Å². The highest BCUT2D eigenvalue weighted by Crippen LogP contribution is 2.38. The number of aromatic nitrogens is 2. The average molecular weight is 362 g/mol. The second kappa shape index (κ2) is 6.83. The van der Waals surface area contributed by atoms with Gasteiger partial charge < -0.3 is 22.1 Å². The minimum atomic E-state index is -0.862. The van der Waals surface area contributed by atoms with Crippen LogP contribution in [0.1, 0.15) is 36.5 Å². The number of halogens is 2. The molecule has 0 aromatic carbocycles. The minimum Gasteiger partial charge on any atom is -0.365 e. The van der Waals surface area contributed by atoms with Crippen molar-refractivity contribution < 1.29 is 13.6 Å². The van der Waals surface area contributed by atoms with Crippen molar-refractivity contribution in [1.29, 1.82) is 0 Å². The second-order valence-corrected chi connectivity index (χ2v) is 6.43. The van der Waals surface area contributed by atoms with Gasteiger partial charge in [-0.15, -0.1) is 0 Å². The Morgan fingerprint density at radius 1 is 1.31 bits per heavy atom. The fourth-order valence-corrected chi connectivity index (χ4v) is 2.80. The molecule has 7 nitrogen and oxygen atoms in total. The average Bonchev–Trinajstić information content (AvgIpc) is 3.33. The smallest absolute Gasteiger partial charge is 0.252 e. The molecule has 9 heteroatoms. The molecule has 6 N–H and O–H groups in total. The lowest BCUT2D eigenvalue weighted by molar-refractivity contribution is 0.100. The van der Waals surface area contributed by atoms with Crippen LogP contribution < -0.4 is 22.1 Å². The molecule has 1 aliphatic carbocycles. The summed E-state index contributed by atoms with van der Waals surface area (Å²) >= 11 is 0. The van der Waals surface area contributed by atoms with Crippen LogP contribution in [0.4, 0.5) is 26.1 Å². The van der Waals surface area contributed by atoms with Crippen molar-refractivity contribution in [2.75, 3.05) is 10.6 Å². The minimum absolute atomic E-state index is 0.00511. The molecule has 0 saturated heterocycles. The molecule has 3 rings (SSSR count). The number of anilines is 3. The summed E-state index contributed by atoms with van der Waals surface area (Å²) in [5.74, 6) is -2.19. The maximum atomic E-state index is 14.4. The summed E-state index contributed by atoms with van der Waals surface area (Å²) in [5, 5.41) is 5.77. The monoisotopic (exact) mass is 362 g/mol. The van der Waals surface area contributed by atoms with Gasteiger partial charge in [0.1, 0.15) is 11.6 Å². The van der Waals surface area contributed by atoms with Crippen molar-refractivity contribution in [2.24, 2.45) is 11.5 Å². The highest BCUT2D eigenvalue weighted by Gasteiger charge is 2.45. The zero-order valence-electron chi connectivity index (χ0n) is 14.2. The third-order valence-corrected chi connectivity index (χ3v) is 4.45. The molecule has 138 valence electrons. The van der Waals surface area contributed by atoms with Gasteiger partial charge in [-0.25, -0.2) is 13.8 Å². The first-order valence-corrected chi connectivity index (χ1v) is 8.25. The fourth-order valence-electron chi connectivity index (χ4n) is 2.80. The largest absolute Gasteiger partial charge is 0.365 e. The summed E-state index contributed by atoms with van der Waals surface area (Å²) in [6.45, 7) is 1.94. The lowest BCUT2D eigenvalue weighted by Gasteiger charge is -2.24. The maximum absolute atomic E-state index is 14.4. The number of pyridine rings is 2. The van der Waals surface area contributed by atoms with E-state index in [2.05, 4.69) is 20.6 Å². The Morgan fingerprint density at radius 3 is 2.62 bits per heavy atom. The van der Waals surface area contributed by atoms with Gasteiger partial charge in [-0.3, -0.25) is 9.78 Å². The molecule has 2 aromatic heterocycles. The van der Waals surface area contributed by atoms with Crippen LogP contribution in [0, 0.1) is 11.6 Å². The zero-order valence-corrected chi connectivity index (χ0v) is 14.2. The number of carbonyl (C=O) groups excluding carboxylic acids is 1. The highest BCUT2D eigenvalue weighted by molar-refractivity contribution is 5.98. The Balaban J connectivity index is 1.94. The molecule has 2 heterocycles. The van der Waals surface area contributed by atoms with Crippen LogP contribution in [0.15, 0.2) is 24.5 Å². The van der Waals surface area contributed by atoms with E-state index < -0.39 is 17.5 Å². The molecule has 1 amide bonds. The molecule has 0 aliphatic heterocycles. The van der Waals surface area contributed by atoms with E-state index >= 15 is 0 Å². The van der Waals surface area contributed by atoms with Gasteiger partial charge in [-0.05, 0) is 25.3 Å². The Kier molecular flexibility index (Phi) is 4.73. The van der Waals surface area contributed by atoms with Crippen molar-refractivity contribution in [2.45, 2.75) is 37.8 Å². The number of nitrogens with one attached hydrogen (secondary N) is 2.